The van der Waals surface area contributed by atoms with Gasteiger partial charge < -0.3 is 9.32 Å². The number of carbonyl (C=O) groups is 1. The number of amides is 1. The molecule has 4 rings (SSSR count). The lowest BCUT2D eigenvalue weighted by Gasteiger charge is -2.35. The Kier molecular flexibility index (Phi) is 5.58. The van der Waals surface area contributed by atoms with Gasteiger partial charge in [-0.05, 0) is 62.9 Å². The van der Waals surface area contributed by atoms with Crippen molar-refractivity contribution in [2.24, 2.45) is 0 Å². The van der Waals surface area contributed by atoms with E-state index in [2.05, 4.69) is 22.9 Å². The summed E-state index contributed by atoms with van der Waals surface area (Å²) in [7, 11) is 0. The van der Waals surface area contributed by atoms with E-state index in [1.165, 1.54) is 18.4 Å². The number of aromatic nitrogens is 1. The first-order valence-corrected chi connectivity index (χ1v) is 10.3. The number of likely N-dealkylation sites (tertiary alicyclic amines) is 2. The number of piperidine rings is 1. The summed E-state index contributed by atoms with van der Waals surface area (Å²) in [6.07, 6.45) is 10.2. The van der Waals surface area contributed by atoms with Crippen molar-refractivity contribution in [1.29, 1.82) is 0 Å². The molecule has 2 fully saturated rings. The molecule has 0 saturated carbocycles. The third kappa shape index (κ3) is 3.93. The summed E-state index contributed by atoms with van der Waals surface area (Å²) in [6, 6.07) is 6.11. The molecule has 2 aromatic heterocycles. The molecule has 1 unspecified atom stereocenters. The first-order valence-electron chi connectivity index (χ1n) is 10.3. The number of aryl methyl sites for hydroxylation is 1. The normalized spacial score (nSPS) is 20.9. The summed E-state index contributed by atoms with van der Waals surface area (Å²) in [5.41, 5.74) is 2.29. The Morgan fingerprint density at radius 2 is 2.04 bits per heavy atom. The molecule has 1 atom stereocenters. The summed E-state index contributed by atoms with van der Waals surface area (Å²) < 4.78 is 6.04. The Morgan fingerprint density at radius 3 is 2.78 bits per heavy atom. The van der Waals surface area contributed by atoms with Gasteiger partial charge in [0.1, 0.15) is 5.76 Å². The van der Waals surface area contributed by atoms with E-state index in [9.17, 15) is 4.79 Å². The monoisotopic (exact) mass is 367 g/mol. The van der Waals surface area contributed by atoms with E-state index in [0.29, 0.717) is 5.76 Å². The van der Waals surface area contributed by atoms with E-state index < -0.39 is 0 Å². The topological polar surface area (TPSA) is 49.6 Å². The summed E-state index contributed by atoms with van der Waals surface area (Å²) in [6.45, 7) is 6.06. The molecule has 2 aliphatic heterocycles. The number of hydrogen-bond donors (Lipinski definition) is 0. The van der Waals surface area contributed by atoms with Crippen LogP contribution in [0.3, 0.4) is 0 Å². The average molecular weight is 367 g/mol. The Morgan fingerprint density at radius 1 is 1.22 bits per heavy atom. The quantitative estimate of drug-likeness (QED) is 0.795. The minimum absolute atomic E-state index is 0.0194. The van der Waals surface area contributed by atoms with Gasteiger partial charge in [-0.1, -0.05) is 13.0 Å². The Balaban J connectivity index is 1.56. The molecule has 2 aliphatic rings. The van der Waals surface area contributed by atoms with Crippen LogP contribution in [-0.4, -0.2) is 40.3 Å². The van der Waals surface area contributed by atoms with Crippen molar-refractivity contribution in [3.8, 4) is 0 Å². The molecule has 4 heterocycles. The molecule has 1 amide bonds. The van der Waals surface area contributed by atoms with E-state index >= 15 is 0 Å². The predicted octanol–water partition coefficient (Wildman–Crippen LogP) is 4.20. The first-order chi connectivity index (χ1) is 13.3. The molecule has 0 spiro atoms. The third-order valence-corrected chi connectivity index (χ3v) is 5.85. The molecule has 0 radical (unpaired) electrons. The highest BCUT2D eigenvalue weighted by Gasteiger charge is 2.31. The van der Waals surface area contributed by atoms with Crippen molar-refractivity contribution >= 4 is 5.91 Å². The summed E-state index contributed by atoms with van der Waals surface area (Å²) in [5, 5.41) is 0. The maximum atomic E-state index is 13.3. The van der Waals surface area contributed by atoms with Gasteiger partial charge in [0.05, 0.1) is 6.04 Å². The summed E-state index contributed by atoms with van der Waals surface area (Å²) in [4.78, 5) is 22.0. The van der Waals surface area contributed by atoms with E-state index in [4.69, 9.17) is 4.42 Å². The van der Waals surface area contributed by atoms with Gasteiger partial charge in [0, 0.05) is 37.5 Å². The number of furan rings is 1. The lowest BCUT2D eigenvalue weighted by Crippen LogP contribution is -2.38. The molecule has 0 N–H and O–H groups in total. The Hall–Kier alpha value is -2.14. The molecular weight excluding hydrogens is 338 g/mol. The summed E-state index contributed by atoms with van der Waals surface area (Å²) >= 11 is 0. The fourth-order valence-corrected chi connectivity index (χ4v) is 4.42. The van der Waals surface area contributed by atoms with Crippen LogP contribution in [0.5, 0.6) is 0 Å². The molecular formula is C22H29N3O2. The highest BCUT2D eigenvalue weighted by atomic mass is 16.4. The van der Waals surface area contributed by atoms with Crippen LogP contribution in [-0.2, 0) is 13.0 Å². The van der Waals surface area contributed by atoms with Gasteiger partial charge in [0.15, 0.2) is 5.76 Å². The predicted molar refractivity (Wildman–Crippen MR) is 104 cm³/mol. The zero-order chi connectivity index (χ0) is 18.6. The van der Waals surface area contributed by atoms with Crippen molar-refractivity contribution in [3.63, 3.8) is 0 Å². The second-order valence-electron chi connectivity index (χ2n) is 7.69. The summed E-state index contributed by atoms with van der Waals surface area (Å²) in [5.74, 6) is 1.47. The van der Waals surface area contributed by atoms with E-state index in [1.807, 2.05) is 23.2 Å². The fourth-order valence-electron chi connectivity index (χ4n) is 4.42. The molecule has 27 heavy (non-hydrogen) atoms. The highest BCUT2D eigenvalue weighted by Crippen LogP contribution is 2.32. The van der Waals surface area contributed by atoms with Crippen LogP contribution in [0.1, 0.15) is 72.5 Å². The van der Waals surface area contributed by atoms with Gasteiger partial charge in [0.25, 0.3) is 5.91 Å². The van der Waals surface area contributed by atoms with Crippen molar-refractivity contribution in [2.45, 2.75) is 58.0 Å². The number of pyridine rings is 1. The zero-order valence-corrected chi connectivity index (χ0v) is 16.2. The van der Waals surface area contributed by atoms with Crippen LogP contribution in [0.2, 0.25) is 0 Å². The number of rotatable bonds is 5. The smallest absolute Gasteiger partial charge is 0.290 e. The number of nitrogens with zero attached hydrogens (tertiary/aromatic N) is 3. The number of hydrogen-bond acceptors (Lipinski definition) is 4. The third-order valence-electron chi connectivity index (χ3n) is 5.85. The van der Waals surface area contributed by atoms with Crippen LogP contribution in [0.15, 0.2) is 35.0 Å². The second kappa shape index (κ2) is 8.26. The van der Waals surface area contributed by atoms with Gasteiger partial charge in [-0.25, -0.2) is 0 Å². The largest absolute Gasteiger partial charge is 0.456 e. The van der Waals surface area contributed by atoms with Gasteiger partial charge in [-0.2, -0.15) is 0 Å². The van der Waals surface area contributed by atoms with Crippen LogP contribution >= 0.6 is 0 Å². The van der Waals surface area contributed by atoms with Crippen LogP contribution in [0.4, 0.5) is 0 Å². The second-order valence-corrected chi connectivity index (χ2v) is 7.69. The first kappa shape index (κ1) is 18.2. The molecule has 5 heteroatoms. The minimum Gasteiger partial charge on any atom is -0.456 e. The van der Waals surface area contributed by atoms with E-state index in [-0.39, 0.29) is 11.9 Å². The molecule has 0 aliphatic carbocycles. The van der Waals surface area contributed by atoms with Crippen molar-refractivity contribution in [2.75, 3.05) is 19.6 Å². The molecule has 0 bridgehead atoms. The lowest BCUT2D eigenvalue weighted by molar-refractivity contribution is 0.0577. The van der Waals surface area contributed by atoms with Crippen molar-refractivity contribution in [1.82, 2.24) is 14.8 Å². The molecule has 2 aromatic rings. The van der Waals surface area contributed by atoms with Crippen LogP contribution < -0.4 is 0 Å². The van der Waals surface area contributed by atoms with Gasteiger partial charge in [0.2, 0.25) is 0 Å². The molecule has 144 valence electrons. The molecule has 2 saturated heterocycles. The average Bonchev–Trinajstić information content (AvgIpc) is 3.38. The standard InChI is InChI=1S/C22H29N3O2/c1-2-20-18(16-24-11-5-6-12-24)14-21(27-20)22(26)25-13-4-3-9-19(25)17-8-7-10-23-15-17/h7-8,10,14-15,19H,2-6,9,11-13,16H2,1H3. The molecule has 0 aromatic carbocycles. The number of carbonyl (C=O) groups excluding carboxylic acids is 1. The molecule has 5 nitrogen and oxygen atoms in total. The van der Waals surface area contributed by atoms with Crippen molar-refractivity contribution in [3.05, 3.63) is 53.2 Å². The van der Waals surface area contributed by atoms with Gasteiger partial charge in [-0.15, -0.1) is 0 Å². The lowest BCUT2D eigenvalue weighted by atomic mass is 9.96. The van der Waals surface area contributed by atoms with Crippen LogP contribution in [0.25, 0.3) is 0 Å². The SMILES string of the molecule is CCc1oc(C(=O)N2CCCCC2c2cccnc2)cc1CN1CCCC1. The van der Waals surface area contributed by atoms with E-state index in [0.717, 1.165) is 63.2 Å². The maximum absolute atomic E-state index is 13.3. The highest BCUT2D eigenvalue weighted by molar-refractivity contribution is 5.92. The fraction of sp³-hybridized carbons (Fsp3) is 0.545. The van der Waals surface area contributed by atoms with Gasteiger partial charge in [-0.3, -0.25) is 14.7 Å². The zero-order valence-electron chi connectivity index (χ0n) is 16.2. The minimum atomic E-state index is 0.0194. The van der Waals surface area contributed by atoms with Crippen LogP contribution in [0, 0.1) is 0 Å². The van der Waals surface area contributed by atoms with Gasteiger partial charge >= 0.3 is 0 Å². The van der Waals surface area contributed by atoms with Crippen molar-refractivity contribution < 1.29 is 9.21 Å². The maximum Gasteiger partial charge on any atom is 0.290 e. The Bertz CT molecular complexity index is 765. The Labute approximate surface area is 161 Å². The van der Waals surface area contributed by atoms with E-state index in [1.54, 1.807) is 6.20 Å².